The first kappa shape index (κ1) is 15.6. The van der Waals surface area contributed by atoms with Crippen molar-refractivity contribution in [3.05, 3.63) is 34.5 Å². The molecule has 1 spiro atoms. The maximum absolute atomic E-state index is 14.3. The Bertz CT molecular complexity index is 906. The minimum Gasteiger partial charge on any atom is -0.346 e. The number of halogens is 1. The van der Waals surface area contributed by atoms with Crippen LogP contribution in [0.3, 0.4) is 0 Å². The van der Waals surface area contributed by atoms with Crippen molar-refractivity contribution in [1.29, 1.82) is 0 Å². The molecule has 1 aromatic carbocycles. The maximum atomic E-state index is 14.3. The van der Waals surface area contributed by atoms with Gasteiger partial charge in [-0.2, -0.15) is 0 Å². The number of carbonyl (C=O) groups excluding carboxylic acids is 1. The van der Waals surface area contributed by atoms with Crippen LogP contribution in [0.25, 0.3) is 10.1 Å². The van der Waals surface area contributed by atoms with Crippen LogP contribution in [0.4, 0.5) is 4.39 Å². The fraction of sp³-hybridized carbons (Fsp3) is 0.571. The highest BCUT2D eigenvalue weighted by atomic mass is 32.1. The van der Waals surface area contributed by atoms with Gasteiger partial charge in [-0.25, -0.2) is 4.39 Å². The van der Waals surface area contributed by atoms with Crippen molar-refractivity contribution in [2.24, 2.45) is 5.92 Å². The summed E-state index contributed by atoms with van der Waals surface area (Å²) in [5, 5.41) is 4.24. The van der Waals surface area contributed by atoms with Gasteiger partial charge < -0.3 is 5.32 Å². The Morgan fingerprint density at radius 3 is 2.62 bits per heavy atom. The van der Waals surface area contributed by atoms with Crippen LogP contribution in [0.1, 0.15) is 59.7 Å². The van der Waals surface area contributed by atoms with E-state index in [9.17, 15) is 9.18 Å². The third-order valence-corrected chi connectivity index (χ3v) is 8.24. The highest BCUT2D eigenvalue weighted by molar-refractivity contribution is 7.20. The first-order valence-electron chi connectivity index (χ1n) is 9.93. The molecule has 136 valence electrons. The van der Waals surface area contributed by atoms with Crippen molar-refractivity contribution >= 4 is 27.3 Å². The molecule has 1 aromatic heterocycles. The number of fused-ring (bicyclic) bond motifs is 3. The number of hydrogen-bond donors (Lipinski definition) is 1. The minimum atomic E-state index is -0.112. The molecule has 5 heteroatoms. The number of thiophene rings is 1. The van der Waals surface area contributed by atoms with Crippen LogP contribution in [0.5, 0.6) is 0 Å². The van der Waals surface area contributed by atoms with Gasteiger partial charge in [0.25, 0.3) is 5.91 Å². The number of nitrogens with one attached hydrogen (secondary N) is 1. The standard InChI is InChI=1S/C21H23FN2OS/c22-16-9-14-10-18(26-17(14)11-15(16)12-1-2-12)20(25)23-19-13-3-7-24(8-4-13)21(19)5-6-21/h9-13,19H,1-8H2,(H,23,25). The average molecular weight is 370 g/mol. The van der Waals surface area contributed by atoms with E-state index in [0.29, 0.717) is 17.9 Å². The maximum Gasteiger partial charge on any atom is 0.261 e. The second-order valence-electron chi connectivity index (χ2n) is 8.68. The van der Waals surface area contributed by atoms with E-state index in [4.69, 9.17) is 0 Å². The summed E-state index contributed by atoms with van der Waals surface area (Å²) in [5.74, 6) is 0.934. The molecule has 1 unspecified atom stereocenters. The molecule has 2 bridgehead atoms. The Morgan fingerprint density at radius 1 is 1.15 bits per heavy atom. The lowest BCUT2D eigenvalue weighted by molar-refractivity contribution is -0.00138. The predicted octanol–water partition coefficient (Wildman–Crippen LogP) is 4.27. The van der Waals surface area contributed by atoms with E-state index in [1.807, 2.05) is 12.1 Å². The van der Waals surface area contributed by atoms with Gasteiger partial charge in [-0.15, -0.1) is 11.3 Å². The number of nitrogens with zero attached hydrogens (tertiary/aromatic N) is 1. The molecule has 2 saturated carbocycles. The van der Waals surface area contributed by atoms with Gasteiger partial charge in [0.05, 0.1) is 10.9 Å². The van der Waals surface area contributed by atoms with Crippen molar-refractivity contribution in [3.63, 3.8) is 0 Å². The van der Waals surface area contributed by atoms with Gasteiger partial charge in [0, 0.05) is 10.2 Å². The molecule has 1 atom stereocenters. The Morgan fingerprint density at radius 2 is 1.92 bits per heavy atom. The SMILES string of the molecule is O=C(NC1C2CCN(CC2)C12CC2)c1cc2cc(F)c(C3CC3)cc2s1. The van der Waals surface area contributed by atoms with Gasteiger partial charge in [0.2, 0.25) is 0 Å². The molecule has 5 fully saturated rings. The predicted molar refractivity (Wildman–Crippen MR) is 101 cm³/mol. The lowest BCUT2D eigenvalue weighted by atomic mass is 9.77. The van der Waals surface area contributed by atoms with Crippen molar-refractivity contribution in [2.45, 2.75) is 56.0 Å². The molecule has 2 aromatic rings. The summed E-state index contributed by atoms with van der Waals surface area (Å²) in [6.45, 7) is 2.40. The molecule has 3 saturated heterocycles. The minimum absolute atomic E-state index is 0.0320. The largest absolute Gasteiger partial charge is 0.346 e. The smallest absolute Gasteiger partial charge is 0.261 e. The van der Waals surface area contributed by atoms with Gasteiger partial charge in [-0.3, -0.25) is 9.69 Å². The van der Waals surface area contributed by atoms with E-state index in [1.54, 1.807) is 6.07 Å². The van der Waals surface area contributed by atoms with E-state index in [-0.39, 0.29) is 17.3 Å². The van der Waals surface area contributed by atoms with E-state index in [2.05, 4.69) is 10.2 Å². The third-order valence-electron chi connectivity index (χ3n) is 7.15. The number of hydrogen-bond acceptors (Lipinski definition) is 3. The van der Waals surface area contributed by atoms with E-state index < -0.39 is 0 Å². The summed E-state index contributed by atoms with van der Waals surface area (Å²) in [6, 6.07) is 5.75. The van der Waals surface area contributed by atoms with Crippen LogP contribution in [-0.2, 0) is 0 Å². The number of amides is 1. The number of carbonyl (C=O) groups is 1. The molecule has 3 aliphatic heterocycles. The van der Waals surface area contributed by atoms with E-state index >= 15 is 0 Å². The summed E-state index contributed by atoms with van der Waals surface area (Å²) < 4.78 is 15.3. The molecular weight excluding hydrogens is 347 g/mol. The van der Waals surface area contributed by atoms with Crippen LogP contribution in [0.2, 0.25) is 0 Å². The molecule has 2 aliphatic carbocycles. The molecule has 0 radical (unpaired) electrons. The second-order valence-corrected chi connectivity index (χ2v) is 9.76. The molecule has 3 nitrogen and oxygen atoms in total. The Kier molecular flexibility index (Phi) is 3.17. The zero-order valence-corrected chi connectivity index (χ0v) is 15.6. The normalized spacial score (nSPS) is 31.5. The highest BCUT2D eigenvalue weighted by Crippen LogP contribution is 2.53. The summed E-state index contributed by atoms with van der Waals surface area (Å²) in [6.07, 6.45) is 7.02. The van der Waals surface area contributed by atoms with Crippen LogP contribution in [0, 0.1) is 11.7 Å². The van der Waals surface area contributed by atoms with Gasteiger partial charge in [-0.05, 0) is 92.6 Å². The fourth-order valence-electron chi connectivity index (χ4n) is 5.43. The van der Waals surface area contributed by atoms with Gasteiger partial charge in [0.1, 0.15) is 5.82 Å². The topological polar surface area (TPSA) is 32.3 Å². The second kappa shape index (κ2) is 5.29. The molecule has 5 aliphatic rings. The molecule has 1 amide bonds. The van der Waals surface area contributed by atoms with Crippen molar-refractivity contribution in [2.75, 3.05) is 13.1 Å². The number of piperidine rings is 3. The molecule has 1 N–H and O–H groups in total. The summed E-state index contributed by atoms with van der Waals surface area (Å²) in [7, 11) is 0. The molecule has 7 rings (SSSR count). The summed E-state index contributed by atoms with van der Waals surface area (Å²) in [5.41, 5.74) is 1.08. The quantitative estimate of drug-likeness (QED) is 0.875. The van der Waals surface area contributed by atoms with Crippen LogP contribution in [0.15, 0.2) is 18.2 Å². The van der Waals surface area contributed by atoms with Crippen molar-refractivity contribution < 1.29 is 9.18 Å². The van der Waals surface area contributed by atoms with Crippen molar-refractivity contribution in [3.8, 4) is 0 Å². The number of benzene rings is 1. The molecular formula is C21H23FN2OS. The highest BCUT2D eigenvalue weighted by Gasteiger charge is 2.60. The van der Waals surface area contributed by atoms with Gasteiger partial charge >= 0.3 is 0 Å². The van der Waals surface area contributed by atoms with Gasteiger partial charge in [0.15, 0.2) is 0 Å². The Hall–Kier alpha value is -1.46. The van der Waals surface area contributed by atoms with Crippen molar-refractivity contribution in [1.82, 2.24) is 10.2 Å². The summed E-state index contributed by atoms with van der Waals surface area (Å²) in [4.78, 5) is 16.3. The first-order valence-corrected chi connectivity index (χ1v) is 10.7. The zero-order valence-electron chi connectivity index (χ0n) is 14.8. The number of rotatable bonds is 3. The lowest BCUT2D eigenvalue weighted by Crippen LogP contribution is -2.65. The van der Waals surface area contributed by atoms with Gasteiger partial charge in [-0.1, -0.05) is 0 Å². The third kappa shape index (κ3) is 2.23. The first-order chi connectivity index (χ1) is 12.6. The lowest BCUT2D eigenvalue weighted by Gasteiger charge is -2.52. The summed E-state index contributed by atoms with van der Waals surface area (Å²) >= 11 is 1.51. The van der Waals surface area contributed by atoms with E-state index in [0.717, 1.165) is 33.4 Å². The molecule has 26 heavy (non-hydrogen) atoms. The monoisotopic (exact) mass is 370 g/mol. The Labute approximate surface area is 156 Å². The fourth-order valence-corrected chi connectivity index (χ4v) is 6.42. The van der Waals surface area contributed by atoms with Crippen LogP contribution >= 0.6 is 11.3 Å². The average Bonchev–Trinajstić information content (AvgIpc) is 3.57. The van der Waals surface area contributed by atoms with Crippen LogP contribution < -0.4 is 5.32 Å². The van der Waals surface area contributed by atoms with E-state index in [1.165, 1.54) is 50.1 Å². The zero-order chi connectivity index (χ0) is 17.5. The Balaban J connectivity index is 1.29. The van der Waals surface area contributed by atoms with Crippen LogP contribution in [-0.4, -0.2) is 35.5 Å². The molecule has 4 heterocycles.